The lowest BCUT2D eigenvalue weighted by Gasteiger charge is -2.15. The number of carbonyl (C=O) groups excluding carboxylic acids is 1. The van der Waals surface area contributed by atoms with Crippen molar-refractivity contribution in [2.45, 2.75) is 26.3 Å². The zero-order valence-electron chi connectivity index (χ0n) is 11.9. The summed E-state index contributed by atoms with van der Waals surface area (Å²) in [7, 11) is 0. The number of aryl methyl sites for hydroxylation is 1. The molecular formula is C16H16BrClN2O. The number of aromatic nitrogens is 1. The molecule has 2 aromatic rings. The van der Waals surface area contributed by atoms with Gasteiger partial charge in [-0.15, -0.1) is 0 Å². The summed E-state index contributed by atoms with van der Waals surface area (Å²) < 4.78 is 1.01. The molecule has 0 saturated carbocycles. The van der Waals surface area contributed by atoms with E-state index in [2.05, 4.69) is 26.2 Å². The van der Waals surface area contributed by atoms with E-state index in [4.69, 9.17) is 11.6 Å². The summed E-state index contributed by atoms with van der Waals surface area (Å²) in [5.41, 5.74) is 2.39. The number of halogens is 2. The zero-order chi connectivity index (χ0) is 15.4. The summed E-state index contributed by atoms with van der Waals surface area (Å²) in [6.07, 6.45) is 0.739. The zero-order valence-corrected chi connectivity index (χ0v) is 14.2. The molecule has 1 heterocycles. The van der Waals surface area contributed by atoms with Crippen LogP contribution in [0.2, 0.25) is 5.15 Å². The maximum Gasteiger partial charge on any atom is 0.251 e. The van der Waals surface area contributed by atoms with Crippen LogP contribution in [0.3, 0.4) is 0 Å². The predicted molar refractivity (Wildman–Crippen MR) is 88.6 cm³/mol. The van der Waals surface area contributed by atoms with E-state index in [1.165, 1.54) is 0 Å². The van der Waals surface area contributed by atoms with Crippen molar-refractivity contribution >= 4 is 33.4 Å². The first-order valence-electron chi connectivity index (χ1n) is 6.72. The standard InChI is InChI=1S/C16H16BrClN2O/c1-3-14-8-12(9-15(18)20-14)16(21)19-10(2)11-4-6-13(17)7-5-11/h4-10H,3H2,1-2H3,(H,19,21)/t10-/m1/s1. The molecule has 0 fully saturated rings. The topological polar surface area (TPSA) is 42.0 Å². The average Bonchev–Trinajstić information content (AvgIpc) is 2.47. The van der Waals surface area contributed by atoms with Gasteiger partial charge in [0.2, 0.25) is 0 Å². The van der Waals surface area contributed by atoms with E-state index >= 15 is 0 Å². The van der Waals surface area contributed by atoms with Crippen molar-refractivity contribution in [1.82, 2.24) is 10.3 Å². The Morgan fingerprint density at radius 3 is 2.62 bits per heavy atom. The van der Waals surface area contributed by atoms with Crippen LogP contribution in [0.1, 0.15) is 41.5 Å². The summed E-state index contributed by atoms with van der Waals surface area (Å²) in [6.45, 7) is 3.93. The molecule has 110 valence electrons. The fourth-order valence-electron chi connectivity index (χ4n) is 1.98. The minimum Gasteiger partial charge on any atom is -0.346 e. The van der Waals surface area contributed by atoms with E-state index in [0.29, 0.717) is 10.7 Å². The van der Waals surface area contributed by atoms with Crippen LogP contribution in [-0.4, -0.2) is 10.9 Å². The smallest absolute Gasteiger partial charge is 0.251 e. The van der Waals surface area contributed by atoms with E-state index in [0.717, 1.165) is 22.2 Å². The molecule has 5 heteroatoms. The number of hydrogen-bond acceptors (Lipinski definition) is 2. The summed E-state index contributed by atoms with van der Waals surface area (Å²) in [5.74, 6) is -0.149. The molecule has 0 spiro atoms. The number of nitrogens with one attached hydrogen (secondary N) is 1. The molecule has 0 bridgehead atoms. The Morgan fingerprint density at radius 1 is 1.33 bits per heavy atom. The second-order valence-electron chi connectivity index (χ2n) is 4.77. The van der Waals surface area contributed by atoms with Crippen molar-refractivity contribution in [1.29, 1.82) is 0 Å². The molecule has 1 N–H and O–H groups in total. The van der Waals surface area contributed by atoms with Gasteiger partial charge in [-0.2, -0.15) is 0 Å². The molecule has 0 aliphatic heterocycles. The van der Waals surface area contributed by atoms with Crippen molar-refractivity contribution in [3.63, 3.8) is 0 Å². The molecule has 1 atom stereocenters. The molecule has 1 aromatic heterocycles. The van der Waals surface area contributed by atoms with E-state index in [1.54, 1.807) is 12.1 Å². The lowest BCUT2D eigenvalue weighted by Crippen LogP contribution is -2.26. The second kappa shape index (κ2) is 7.05. The van der Waals surface area contributed by atoms with Gasteiger partial charge in [0.1, 0.15) is 5.15 Å². The van der Waals surface area contributed by atoms with Gasteiger partial charge in [0.05, 0.1) is 6.04 Å². The fraction of sp³-hybridized carbons (Fsp3) is 0.250. The van der Waals surface area contributed by atoms with Gasteiger partial charge in [0, 0.05) is 15.7 Å². The number of rotatable bonds is 4. The fourth-order valence-corrected chi connectivity index (χ4v) is 2.47. The molecule has 3 nitrogen and oxygen atoms in total. The van der Waals surface area contributed by atoms with Gasteiger partial charge in [0.25, 0.3) is 5.91 Å². The van der Waals surface area contributed by atoms with Crippen molar-refractivity contribution in [2.24, 2.45) is 0 Å². The lowest BCUT2D eigenvalue weighted by atomic mass is 10.1. The number of amides is 1. The van der Waals surface area contributed by atoms with Gasteiger partial charge in [-0.1, -0.05) is 46.6 Å². The SMILES string of the molecule is CCc1cc(C(=O)N[C@H](C)c2ccc(Br)cc2)cc(Cl)n1. The van der Waals surface area contributed by atoms with Crippen molar-refractivity contribution < 1.29 is 4.79 Å². The van der Waals surface area contributed by atoms with E-state index in [9.17, 15) is 4.79 Å². The second-order valence-corrected chi connectivity index (χ2v) is 6.07. The molecule has 0 aliphatic rings. The minimum absolute atomic E-state index is 0.0809. The highest BCUT2D eigenvalue weighted by Gasteiger charge is 2.13. The first kappa shape index (κ1) is 16.0. The van der Waals surface area contributed by atoms with Crippen LogP contribution < -0.4 is 5.32 Å². The highest BCUT2D eigenvalue weighted by atomic mass is 79.9. The maximum atomic E-state index is 12.3. The Hall–Kier alpha value is -1.39. The van der Waals surface area contributed by atoms with Crippen LogP contribution in [0, 0.1) is 0 Å². The van der Waals surface area contributed by atoms with Crippen LogP contribution >= 0.6 is 27.5 Å². The van der Waals surface area contributed by atoms with E-state index in [1.807, 2.05) is 38.1 Å². The highest BCUT2D eigenvalue weighted by molar-refractivity contribution is 9.10. The number of carbonyl (C=O) groups is 1. The Labute approximate surface area is 137 Å². The minimum atomic E-state index is -0.149. The van der Waals surface area contributed by atoms with Gasteiger partial charge in [0.15, 0.2) is 0 Å². The van der Waals surface area contributed by atoms with Gasteiger partial charge in [-0.05, 0) is 43.2 Å². The van der Waals surface area contributed by atoms with Crippen molar-refractivity contribution in [2.75, 3.05) is 0 Å². The van der Waals surface area contributed by atoms with Crippen LogP contribution in [0.15, 0.2) is 40.9 Å². The number of benzene rings is 1. The normalized spacial score (nSPS) is 12.0. The quantitative estimate of drug-likeness (QED) is 0.805. The lowest BCUT2D eigenvalue weighted by molar-refractivity contribution is 0.0939. The summed E-state index contributed by atoms with van der Waals surface area (Å²) in [5, 5.41) is 3.31. The molecule has 0 unspecified atom stereocenters. The molecular weight excluding hydrogens is 352 g/mol. The van der Waals surface area contributed by atoms with Crippen molar-refractivity contribution in [3.05, 3.63) is 62.8 Å². The van der Waals surface area contributed by atoms with Crippen LogP contribution in [0.25, 0.3) is 0 Å². The van der Waals surface area contributed by atoms with Gasteiger partial charge >= 0.3 is 0 Å². The third-order valence-electron chi connectivity index (χ3n) is 3.19. The van der Waals surface area contributed by atoms with Crippen LogP contribution in [0.5, 0.6) is 0 Å². The summed E-state index contributed by atoms with van der Waals surface area (Å²) in [4.78, 5) is 16.5. The van der Waals surface area contributed by atoms with Gasteiger partial charge in [-0.25, -0.2) is 4.98 Å². The first-order valence-corrected chi connectivity index (χ1v) is 7.89. The number of nitrogens with zero attached hydrogens (tertiary/aromatic N) is 1. The Morgan fingerprint density at radius 2 is 2.00 bits per heavy atom. The Balaban J connectivity index is 2.13. The molecule has 21 heavy (non-hydrogen) atoms. The maximum absolute atomic E-state index is 12.3. The summed E-state index contributed by atoms with van der Waals surface area (Å²) >= 11 is 9.34. The number of pyridine rings is 1. The molecule has 0 aliphatic carbocycles. The molecule has 1 aromatic carbocycles. The van der Waals surface area contributed by atoms with Crippen molar-refractivity contribution in [3.8, 4) is 0 Å². The van der Waals surface area contributed by atoms with Crippen LogP contribution in [0.4, 0.5) is 0 Å². The van der Waals surface area contributed by atoms with Gasteiger partial charge < -0.3 is 5.32 Å². The Kier molecular flexibility index (Phi) is 5.37. The monoisotopic (exact) mass is 366 g/mol. The average molecular weight is 368 g/mol. The van der Waals surface area contributed by atoms with Gasteiger partial charge in [-0.3, -0.25) is 4.79 Å². The number of hydrogen-bond donors (Lipinski definition) is 1. The van der Waals surface area contributed by atoms with E-state index in [-0.39, 0.29) is 11.9 Å². The highest BCUT2D eigenvalue weighted by Crippen LogP contribution is 2.18. The first-order chi connectivity index (χ1) is 9.99. The van der Waals surface area contributed by atoms with Crippen LogP contribution in [-0.2, 0) is 6.42 Å². The largest absolute Gasteiger partial charge is 0.346 e. The molecule has 0 radical (unpaired) electrons. The third-order valence-corrected chi connectivity index (χ3v) is 3.91. The Bertz CT molecular complexity index is 643. The third kappa shape index (κ3) is 4.29. The molecule has 0 saturated heterocycles. The predicted octanol–water partition coefficient (Wildman–Crippen LogP) is 4.55. The molecule has 2 rings (SSSR count). The molecule has 1 amide bonds. The van der Waals surface area contributed by atoms with E-state index < -0.39 is 0 Å². The summed E-state index contributed by atoms with van der Waals surface area (Å²) in [6, 6.07) is 11.1.